The molecule has 9 heteroatoms. The van der Waals surface area contributed by atoms with Gasteiger partial charge in [0, 0.05) is 5.41 Å². The highest BCUT2D eigenvalue weighted by Crippen LogP contribution is 2.39. The van der Waals surface area contributed by atoms with Crippen molar-refractivity contribution in [3.05, 3.63) is 65.5 Å². The summed E-state index contributed by atoms with van der Waals surface area (Å²) in [5, 5.41) is 10.0. The van der Waals surface area contributed by atoms with Gasteiger partial charge in [-0.15, -0.1) is 0 Å². The molecule has 162 valence electrons. The summed E-state index contributed by atoms with van der Waals surface area (Å²) in [5.41, 5.74) is -0.406. The summed E-state index contributed by atoms with van der Waals surface area (Å²) in [7, 11) is -2.82. The third-order valence-electron chi connectivity index (χ3n) is 5.57. The van der Waals surface area contributed by atoms with E-state index < -0.39 is 32.5 Å². The Morgan fingerprint density at radius 3 is 2.67 bits per heavy atom. The van der Waals surface area contributed by atoms with E-state index in [-0.39, 0.29) is 5.56 Å². The molecule has 1 saturated heterocycles. The minimum absolute atomic E-state index is 0.190. The van der Waals surface area contributed by atoms with E-state index in [0.29, 0.717) is 43.7 Å². The number of ether oxygens (including phenoxy) is 1. The summed E-state index contributed by atoms with van der Waals surface area (Å²) in [6.45, 7) is 1.20. The Hall–Kier alpha value is -2.49. The van der Waals surface area contributed by atoms with Crippen LogP contribution in [0.2, 0.25) is 0 Å². The number of sulfonamides is 1. The monoisotopic (exact) mass is 435 g/mol. The van der Waals surface area contributed by atoms with E-state index in [4.69, 9.17) is 9.88 Å². The van der Waals surface area contributed by atoms with Gasteiger partial charge in [-0.25, -0.2) is 17.9 Å². The van der Waals surface area contributed by atoms with Gasteiger partial charge in [0.05, 0.1) is 12.7 Å². The summed E-state index contributed by atoms with van der Waals surface area (Å²) < 4.78 is 44.8. The summed E-state index contributed by atoms with van der Waals surface area (Å²) >= 11 is 0. The number of nitrogens with two attached hydrogens (primary N) is 1. The molecule has 7 nitrogen and oxygen atoms in total. The van der Waals surface area contributed by atoms with E-state index in [1.807, 2.05) is 0 Å². The van der Waals surface area contributed by atoms with E-state index in [0.717, 1.165) is 0 Å². The number of nitrogens with one attached hydrogen (secondary N) is 2. The molecule has 0 saturated carbocycles. The fraction of sp³-hybridized carbons (Fsp3) is 0.381. The molecule has 2 atom stereocenters. The van der Waals surface area contributed by atoms with Crippen molar-refractivity contribution >= 4 is 15.9 Å². The van der Waals surface area contributed by atoms with Gasteiger partial charge in [0.15, 0.2) is 5.37 Å². The highest BCUT2D eigenvalue weighted by atomic mass is 32.2. The molecule has 2 aromatic rings. The number of amides is 1. The molecule has 0 bridgehead atoms. The van der Waals surface area contributed by atoms with Crippen molar-refractivity contribution in [2.24, 2.45) is 5.14 Å². The molecular weight excluding hydrogens is 409 g/mol. The maximum atomic E-state index is 14.1. The van der Waals surface area contributed by atoms with Gasteiger partial charge in [-0.1, -0.05) is 24.3 Å². The van der Waals surface area contributed by atoms with E-state index >= 15 is 0 Å². The van der Waals surface area contributed by atoms with E-state index in [9.17, 15) is 17.6 Å². The Morgan fingerprint density at radius 2 is 1.97 bits per heavy atom. The first-order valence-electron chi connectivity index (χ1n) is 9.70. The van der Waals surface area contributed by atoms with Crippen LogP contribution >= 0.6 is 0 Å². The maximum absolute atomic E-state index is 14.1. The van der Waals surface area contributed by atoms with Crippen molar-refractivity contribution in [2.75, 3.05) is 20.2 Å². The Morgan fingerprint density at radius 1 is 1.20 bits per heavy atom. The lowest BCUT2D eigenvalue weighted by Crippen LogP contribution is -2.57. The van der Waals surface area contributed by atoms with Crippen LogP contribution in [0.3, 0.4) is 0 Å². The minimum Gasteiger partial charge on any atom is -0.496 e. The molecule has 3 rings (SSSR count). The first kappa shape index (κ1) is 22.2. The number of hydrogen-bond acceptors (Lipinski definition) is 5. The van der Waals surface area contributed by atoms with Gasteiger partial charge in [-0.3, -0.25) is 4.79 Å². The number of hydrogen-bond donors (Lipinski definition) is 3. The van der Waals surface area contributed by atoms with Gasteiger partial charge >= 0.3 is 0 Å². The smallest absolute Gasteiger partial charge is 0.256 e. The molecule has 0 aliphatic carbocycles. The summed E-state index contributed by atoms with van der Waals surface area (Å²) in [4.78, 5) is 13.0. The number of benzene rings is 2. The lowest BCUT2D eigenvalue weighted by atomic mass is 9.74. The van der Waals surface area contributed by atoms with Crippen molar-refractivity contribution in [1.82, 2.24) is 10.6 Å². The van der Waals surface area contributed by atoms with Crippen LogP contribution in [-0.2, 0) is 15.4 Å². The average Bonchev–Trinajstić information content (AvgIpc) is 2.98. The van der Waals surface area contributed by atoms with Crippen LogP contribution in [0, 0.1) is 5.82 Å². The predicted octanol–water partition coefficient (Wildman–Crippen LogP) is 1.89. The number of primary sulfonamides is 1. The molecule has 2 aromatic carbocycles. The Balaban J connectivity index is 2.10. The lowest BCUT2D eigenvalue weighted by molar-refractivity contribution is 0.0926. The fourth-order valence-electron chi connectivity index (χ4n) is 4.15. The average molecular weight is 436 g/mol. The molecule has 1 fully saturated rings. The van der Waals surface area contributed by atoms with E-state index in [1.165, 1.54) is 31.4 Å². The van der Waals surface area contributed by atoms with Crippen molar-refractivity contribution in [2.45, 2.75) is 30.1 Å². The second-order valence-electron chi connectivity index (χ2n) is 7.41. The van der Waals surface area contributed by atoms with Crippen molar-refractivity contribution in [1.29, 1.82) is 0 Å². The van der Waals surface area contributed by atoms with Crippen molar-refractivity contribution in [3.8, 4) is 5.75 Å². The molecule has 0 spiro atoms. The number of methoxy groups -OCH3 is 1. The second-order valence-corrected chi connectivity index (χ2v) is 9.06. The van der Waals surface area contributed by atoms with Crippen LogP contribution in [0.1, 0.15) is 35.2 Å². The third-order valence-corrected chi connectivity index (χ3v) is 6.79. The maximum Gasteiger partial charge on any atom is 0.256 e. The normalized spacial score (nSPS) is 20.8. The standard InChI is InChI=1S/C21H26FN3O4S/c1-29-18-9-3-2-8-17(18)19(26)25-20(30(23,27)28)21(10-5-12-24-13-11-21)15-6-4-7-16(22)14-15/h2-4,6-9,14,20,24H,5,10-13H2,1H3,(H,25,26)(H2,23,27,28). The summed E-state index contributed by atoms with van der Waals surface area (Å²) in [6.07, 6.45) is 1.42. The zero-order valence-corrected chi connectivity index (χ0v) is 17.5. The molecule has 1 heterocycles. The second kappa shape index (κ2) is 9.11. The predicted molar refractivity (Wildman–Crippen MR) is 112 cm³/mol. The van der Waals surface area contributed by atoms with Gasteiger partial charge in [0.25, 0.3) is 5.91 Å². The number of para-hydroxylation sites is 1. The molecular formula is C21H26FN3O4S. The fourth-order valence-corrected chi connectivity index (χ4v) is 5.43. The first-order chi connectivity index (χ1) is 14.3. The van der Waals surface area contributed by atoms with Gasteiger partial charge in [0.2, 0.25) is 10.0 Å². The van der Waals surface area contributed by atoms with Crippen LogP contribution in [0.4, 0.5) is 4.39 Å². The molecule has 4 N–H and O–H groups in total. The first-order valence-corrected chi connectivity index (χ1v) is 11.3. The van der Waals surface area contributed by atoms with Gasteiger partial charge in [0.1, 0.15) is 11.6 Å². The molecule has 1 aliphatic rings. The number of rotatable bonds is 6. The number of carbonyl (C=O) groups excluding carboxylic acids is 1. The minimum atomic E-state index is -4.25. The van der Waals surface area contributed by atoms with Crippen molar-refractivity contribution in [3.63, 3.8) is 0 Å². The van der Waals surface area contributed by atoms with E-state index in [1.54, 1.807) is 24.3 Å². The highest BCUT2D eigenvalue weighted by molar-refractivity contribution is 7.89. The van der Waals surface area contributed by atoms with Gasteiger partial charge in [-0.2, -0.15) is 0 Å². The van der Waals surface area contributed by atoms with Crippen molar-refractivity contribution < 1.29 is 22.3 Å². The van der Waals surface area contributed by atoms with Gasteiger partial charge in [-0.05, 0) is 62.2 Å². The van der Waals surface area contributed by atoms with Crippen LogP contribution < -0.4 is 20.5 Å². The molecule has 1 amide bonds. The largest absolute Gasteiger partial charge is 0.496 e. The molecule has 30 heavy (non-hydrogen) atoms. The zero-order valence-electron chi connectivity index (χ0n) is 16.7. The quantitative estimate of drug-likeness (QED) is 0.642. The van der Waals surface area contributed by atoms with Crippen LogP contribution in [0.5, 0.6) is 5.75 Å². The Labute approximate surface area is 175 Å². The molecule has 0 radical (unpaired) electrons. The van der Waals surface area contributed by atoms with Gasteiger partial charge < -0.3 is 15.4 Å². The van der Waals surface area contributed by atoms with Crippen LogP contribution in [0.15, 0.2) is 48.5 Å². The molecule has 1 aliphatic heterocycles. The molecule has 2 unspecified atom stereocenters. The van der Waals surface area contributed by atoms with Crippen LogP contribution in [0.25, 0.3) is 0 Å². The number of halogens is 1. The van der Waals surface area contributed by atoms with E-state index in [2.05, 4.69) is 10.6 Å². The third kappa shape index (κ3) is 4.63. The SMILES string of the molecule is COc1ccccc1C(=O)NC(C1(c2cccc(F)c2)CCCNCC1)S(N)(=O)=O. The highest BCUT2D eigenvalue weighted by Gasteiger charge is 2.47. The summed E-state index contributed by atoms with van der Waals surface area (Å²) in [5.74, 6) is -0.793. The number of carbonyl (C=O) groups is 1. The Kier molecular flexibility index (Phi) is 6.74. The molecule has 0 aromatic heterocycles. The topological polar surface area (TPSA) is 111 Å². The zero-order chi connectivity index (χ0) is 21.8. The van der Waals surface area contributed by atoms with Crippen LogP contribution in [-0.4, -0.2) is 39.9 Å². The Bertz CT molecular complexity index is 1000. The summed E-state index contributed by atoms with van der Waals surface area (Å²) in [6, 6.07) is 12.3. The lowest BCUT2D eigenvalue weighted by Gasteiger charge is -2.39.